The van der Waals surface area contributed by atoms with Crippen molar-refractivity contribution in [2.24, 2.45) is 5.92 Å². The Morgan fingerprint density at radius 2 is 2.00 bits per heavy atom. The Hall–Kier alpha value is -2.50. The molecule has 0 saturated heterocycles. The lowest BCUT2D eigenvalue weighted by molar-refractivity contribution is -0.481. The minimum atomic E-state index is -0.641. The summed E-state index contributed by atoms with van der Waals surface area (Å²) in [5, 5.41) is 11.3. The molecule has 1 aromatic carbocycles. The summed E-state index contributed by atoms with van der Waals surface area (Å²) in [7, 11) is 0. The SMILES string of the molecule is CCCC1=C([C@@H](C[N+](=O)[O-])c2ccccc2)C(=O)CC[C@@H]1C(=O)OCC. The molecule has 2 rings (SSSR count). The van der Waals surface area contributed by atoms with E-state index in [0.717, 1.165) is 17.6 Å². The monoisotopic (exact) mass is 359 g/mol. The molecule has 0 N–H and O–H groups in total. The molecule has 26 heavy (non-hydrogen) atoms. The van der Waals surface area contributed by atoms with E-state index in [9.17, 15) is 19.7 Å². The Labute approximate surface area is 153 Å². The molecule has 0 amide bonds. The van der Waals surface area contributed by atoms with Crippen LogP contribution in [-0.2, 0) is 14.3 Å². The number of carbonyl (C=O) groups excluding carboxylic acids is 2. The number of nitro groups is 1. The van der Waals surface area contributed by atoms with E-state index in [1.54, 1.807) is 31.2 Å². The maximum Gasteiger partial charge on any atom is 0.313 e. The lowest BCUT2D eigenvalue weighted by Crippen LogP contribution is -2.31. The quantitative estimate of drug-likeness (QED) is 0.401. The van der Waals surface area contributed by atoms with E-state index in [0.29, 0.717) is 18.4 Å². The highest BCUT2D eigenvalue weighted by Crippen LogP contribution is 2.39. The molecule has 6 heteroatoms. The van der Waals surface area contributed by atoms with Gasteiger partial charge in [0.25, 0.3) is 0 Å². The van der Waals surface area contributed by atoms with Gasteiger partial charge in [-0.2, -0.15) is 0 Å². The van der Waals surface area contributed by atoms with Gasteiger partial charge < -0.3 is 4.74 Å². The summed E-state index contributed by atoms with van der Waals surface area (Å²) in [6.45, 7) is 3.62. The first-order valence-electron chi connectivity index (χ1n) is 9.09. The number of rotatable bonds is 8. The fourth-order valence-corrected chi connectivity index (χ4v) is 3.65. The Bertz CT molecular complexity index is 695. The largest absolute Gasteiger partial charge is 0.466 e. The summed E-state index contributed by atoms with van der Waals surface area (Å²) in [5.41, 5.74) is 1.89. The molecular weight excluding hydrogens is 334 g/mol. The van der Waals surface area contributed by atoms with Gasteiger partial charge >= 0.3 is 5.97 Å². The fourth-order valence-electron chi connectivity index (χ4n) is 3.65. The van der Waals surface area contributed by atoms with E-state index in [2.05, 4.69) is 0 Å². The summed E-state index contributed by atoms with van der Waals surface area (Å²) in [5.74, 6) is -1.56. The van der Waals surface area contributed by atoms with Gasteiger partial charge in [0, 0.05) is 16.9 Å². The molecule has 1 aliphatic rings. The van der Waals surface area contributed by atoms with E-state index in [-0.39, 0.29) is 31.3 Å². The van der Waals surface area contributed by atoms with Crippen LogP contribution < -0.4 is 0 Å². The second kappa shape index (κ2) is 9.27. The average Bonchev–Trinajstić information content (AvgIpc) is 2.61. The van der Waals surface area contributed by atoms with Crippen LogP contribution in [0.5, 0.6) is 0 Å². The number of hydrogen-bond acceptors (Lipinski definition) is 5. The molecule has 1 aromatic rings. The van der Waals surface area contributed by atoms with E-state index in [1.807, 2.05) is 13.0 Å². The van der Waals surface area contributed by atoms with E-state index in [4.69, 9.17) is 4.74 Å². The van der Waals surface area contributed by atoms with Gasteiger partial charge in [0.2, 0.25) is 6.54 Å². The third-order valence-electron chi connectivity index (χ3n) is 4.70. The number of ether oxygens (including phenoxy) is 1. The van der Waals surface area contributed by atoms with Crippen LogP contribution in [0.2, 0.25) is 0 Å². The van der Waals surface area contributed by atoms with Gasteiger partial charge in [-0.05, 0) is 30.9 Å². The van der Waals surface area contributed by atoms with Crippen molar-refractivity contribution in [3.05, 3.63) is 57.2 Å². The predicted octanol–water partition coefficient (Wildman–Crippen LogP) is 3.69. The van der Waals surface area contributed by atoms with Gasteiger partial charge in [-0.3, -0.25) is 19.7 Å². The molecule has 0 aliphatic heterocycles. The third kappa shape index (κ3) is 4.56. The molecule has 2 atom stereocenters. The Morgan fingerprint density at radius 1 is 1.31 bits per heavy atom. The van der Waals surface area contributed by atoms with Crippen molar-refractivity contribution >= 4 is 11.8 Å². The summed E-state index contributed by atoms with van der Waals surface area (Å²) in [4.78, 5) is 36.1. The number of benzene rings is 1. The van der Waals surface area contributed by atoms with Crippen molar-refractivity contribution < 1.29 is 19.2 Å². The molecule has 1 aliphatic carbocycles. The first kappa shape index (κ1) is 19.8. The smallest absolute Gasteiger partial charge is 0.313 e. The van der Waals surface area contributed by atoms with Crippen molar-refractivity contribution in [3.8, 4) is 0 Å². The number of carbonyl (C=O) groups is 2. The van der Waals surface area contributed by atoms with Gasteiger partial charge in [0.05, 0.1) is 18.4 Å². The van der Waals surface area contributed by atoms with Crippen molar-refractivity contribution in [3.63, 3.8) is 0 Å². The van der Waals surface area contributed by atoms with Crippen molar-refractivity contribution in [1.29, 1.82) is 0 Å². The van der Waals surface area contributed by atoms with Gasteiger partial charge in [-0.15, -0.1) is 0 Å². The van der Waals surface area contributed by atoms with Crippen LogP contribution in [-0.4, -0.2) is 29.8 Å². The molecule has 0 saturated carbocycles. The molecule has 0 unspecified atom stereocenters. The van der Waals surface area contributed by atoms with Crippen LogP contribution in [0.25, 0.3) is 0 Å². The van der Waals surface area contributed by atoms with E-state index >= 15 is 0 Å². The van der Waals surface area contributed by atoms with E-state index in [1.165, 1.54) is 0 Å². The number of esters is 1. The fraction of sp³-hybridized carbons (Fsp3) is 0.500. The molecule has 6 nitrogen and oxygen atoms in total. The highest BCUT2D eigenvalue weighted by molar-refractivity contribution is 6.00. The molecule has 0 radical (unpaired) electrons. The van der Waals surface area contributed by atoms with Gasteiger partial charge in [0.1, 0.15) is 0 Å². The standard InChI is InChI=1S/C20H25NO5/c1-3-8-15-16(20(23)26-4-2)11-12-18(22)19(15)17(13-21(24)25)14-9-6-5-7-10-14/h5-7,9-10,16-17H,3-4,8,11-13H2,1-2H3/t16-,17-/m0/s1. The summed E-state index contributed by atoms with van der Waals surface area (Å²) >= 11 is 0. The molecule has 0 aromatic heterocycles. The van der Waals surface area contributed by atoms with Crippen LogP contribution in [0.15, 0.2) is 41.5 Å². The average molecular weight is 359 g/mol. The topological polar surface area (TPSA) is 86.5 Å². The summed E-state index contributed by atoms with van der Waals surface area (Å²) in [6.07, 6.45) is 1.94. The second-order valence-corrected chi connectivity index (χ2v) is 6.43. The first-order valence-corrected chi connectivity index (χ1v) is 9.09. The molecule has 0 bridgehead atoms. The van der Waals surface area contributed by atoms with Crippen LogP contribution in [0.1, 0.15) is 51.0 Å². The van der Waals surface area contributed by atoms with Crippen molar-refractivity contribution in [2.45, 2.75) is 45.4 Å². The zero-order valence-corrected chi connectivity index (χ0v) is 15.3. The maximum atomic E-state index is 12.8. The molecule has 140 valence electrons. The van der Waals surface area contributed by atoms with Gasteiger partial charge in [0.15, 0.2) is 5.78 Å². The van der Waals surface area contributed by atoms with Crippen LogP contribution >= 0.6 is 0 Å². The van der Waals surface area contributed by atoms with E-state index < -0.39 is 16.8 Å². The van der Waals surface area contributed by atoms with Gasteiger partial charge in [-0.1, -0.05) is 43.7 Å². The second-order valence-electron chi connectivity index (χ2n) is 6.43. The highest BCUT2D eigenvalue weighted by atomic mass is 16.6. The predicted molar refractivity (Wildman–Crippen MR) is 97.3 cm³/mol. The lowest BCUT2D eigenvalue weighted by atomic mass is 9.73. The Morgan fingerprint density at radius 3 is 2.58 bits per heavy atom. The molecule has 0 spiro atoms. The van der Waals surface area contributed by atoms with Crippen molar-refractivity contribution in [2.75, 3.05) is 13.2 Å². The zero-order valence-electron chi connectivity index (χ0n) is 15.3. The summed E-state index contributed by atoms with van der Waals surface area (Å²) < 4.78 is 5.19. The van der Waals surface area contributed by atoms with Crippen LogP contribution in [0, 0.1) is 16.0 Å². The van der Waals surface area contributed by atoms with Crippen LogP contribution in [0.4, 0.5) is 0 Å². The van der Waals surface area contributed by atoms with Crippen LogP contribution in [0.3, 0.4) is 0 Å². The Kier molecular flexibility index (Phi) is 7.06. The first-order chi connectivity index (χ1) is 12.5. The molecule has 0 fully saturated rings. The number of Topliss-reactive ketones (excluding diaryl/α,β-unsaturated/α-hetero) is 1. The number of hydrogen-bond donors (Lipinski definition) is 0. The highest BCUT2D eigenvalue weighted by Gasteiger charge is 2.38. The minimum Gasteiger partial charge on any atom is -0.466 e. The summed E-state index contributed by atoms with van der Waals surface area (Å²) in [6, 6.07) is 9.03. The molecule has 0 heterocycles. The third-order valence-corrected chi connectivity index (χ3v) is 4.70. The molecular formula is C20H25NO5. The Balaban J connectivity index is 2.58. The minimum absolute atomic E-state index is 0.0929. The lowest BCUT2D eigenvalue weighted by Gasteiger charge is -2.29. The van der Waals surface area contributed by atoms with Gasteiger partial charge in [-0.25, -0.2) is 0 Å². The maximum absolute atomic E-state index is 12.8. The number of ketones is 1. The van der Waals surface area contributed by atoms with Crippen molar-refractivity contribution in [1.82, 2.24) is 0 Å². The normalized spacial score (nSPS) is 18.5. The number of nitrogens with zero attached hydrogens (tertiary/aromatic N) is 1. The zero-order chi connectivity index (χ0) is 19.1.